The highest BCUT2D eigenvalue weighted by molar-refractivity contribution is 5.43. The van der Waals surface area contributed by atoms with E-state index in [1.807, 2.05) is 6.07 Å². The van der Waals surface area contributed by atoms with Crippen LogP contribution in [-0.4, -0.2) is 13.2 Å². The molecule has 0 unspecified atom stereocenters. The second-order valence-electron chi connectivity index (χ2n) is 5.49. The Labute approximate surface area is 125 Å². The van der Waals surface area contributed by atoms with Crippen LogP contribution in [0.15, 0.2) is 42.5 Å². The summed E-state index contributed by atoms with van der Waals surface area (Å²) in [6, 6.07) is 15.1. The maximum Gasteiger partial charge on any atom is 0.161 e. The minimum Gasteiger partial charge on any atom is -0.486 e. The quantitative estimate of drug-likeness (QED) is 0.929. The zero-order valence-corrected chi connectivity index (χ0v) is 12.6. The molecule has 0 radical (unpaired) electrons. The van der Waals surface area contributed by atoms with E-state index in [4.69, 9.17) is 9.47 Å². The van der Waals surface area contributed by atoms with Gasteiger partial charge in [0.1, 0.15) is 13.2 Å². The fourth-order valence-corrected chi connectivity index (χ4v) is 2.44. The van der Waals surface area contributed by atoms with Crippen LogP contribution in [-0.2, 0) is 6.54 Å². The second-order valence-corrected chi connectivity index (χ2v) is 5.49. The number of rotatable bonds is 4. The van der Waals surface area contributed by atoms with E-state index in [2.05, 4.69) is 55.6 Å². The Morgan fingerprint density at radius 2 is 1.71 bits per heavy atom. The van der Waals surface area contributed by atoms with Gasteiger partial charge >= 0.3 is 0 Å². The standard InChI is InChI=1S/C18H21NO2/c1-13-3-6-16(7-4-13)14(2)19-12-15-5-8-17-18(11-15)21-10-9-20-17/h3-8,11,14,19H,9-10,12H2,1-2H3/t14-/m0/s1. The number of benzene rings is 2. The Bertz CT molecular complexity index is 607. The molecule has 0 aliphatic carbocycles. The summed E-state index contributed by atoms with van der Waals surface area (Å²) in [6.07, 6.45) is 0. The molecule has 0 fully saturated rings. The first kappa shape index (κ1) is 14.0. The van der Waals surface area contributed by atoms with Gasteiger partial charge in [0.15, 0.2) is 11.5 Å². The molecular formula is C18H21NO2. The molecule has 0 amide bonds. The van der Waals surface area contributed by atoms with Crippen LogP contribution in [0.1, 0.15) is 29.7 Å². The Balaban J connectivity index is 1.63. The topological polar surface area (TPSA) is 30.5 Å². The Kier molecular flexibility index (Phi) is 4.11. The molecule has 2 aromatic rings. The molecule has 21 heavy (non-hydrogen) atoms. The molecule has 2 aromatic carbocycles. The van der Waals surface area contributed by atoms with Gasteiger partial charge in [0.25, 0.3) is 0 Å². The van der Waals surface area contributed by atoms with Gasteiger partial charge in [-0.25, -0.2) is 0 Å². The van der Waals surface area contributed by atoms with E-state index in [9.17, 15) is 0 Å². The highest BCUT2D eigenvalue weighted by atomic mass is 16.6. The lowest BCUT2D eigenvalue weighted by Crippen LogP contribution is -2.19. The van der Waals surface area contributed by atoms with Gasteiger partial charge in [0, 0.05) is 12.6 Å². The summed E-state index contributed by atoms with van der Waals surface area (Å²) in [5, 5.41) is 3.55. The van der Waals surface area contributed by atoms with Gasteiger partial charge in [-0.15, -0.1) is 0 Å². The molecule has 1 atom stereocenters. The van der Waals surface area contributed by atoms with Crippen LogP contribution in [0.4, 0.5) is 0 Å². The minimum atomic E-state index is 0.318. The maximum absolute atomic E-state index is 5.62. The van der Waals surface area contributed by atoms with Crippen LogP contribution in [0.2, 0.25) is 0 Å². The Morgan fingerprint density at radius 3 is 2.48 bits per heavy atom. The van der Waals surface area contributed by atoms with Crippen molar-refractivity contribution in [3.63, 3.8) is 0 Å². The maximum atomic E-state index is 5.62. The van der Waals surface area contributed by atoms with E-state index >= 15 is 0 Å². The van der Waals surface area contributed by atoms with Crippen molar-refractivity contribution in [2.24, 2.45) is 0 Å². The first-order chi connectivity index (χ1) is 10.2. The highest BCUT2D eigenvalue weighted by Crippen LogP contribution is 2.30. The summed E-state index contributed by atoms with van der Waals surface area (Å²) < 4.78 is 11.2. The monoisotopic (exact) mass is 283 g/mol. The summed E-state index contributed by atoms with van der Waals surface area (Å²) in [7, 11) is 0. The number of fused-ring (bicyclic) bond motifs is 1. The lowest BCUT2D eigenvalue weighted by Gasteiger charge is -2.20. The second kappa shape index (κ2) is 6.19. The minimum absolute atomic E-state index is 0.318. The first-order valence-corrected chi connectivity index (χ1v) is 7.41. The van der Waals surface area contributed by atoms with Crippen LogP contribution in [0, 0.1) is 6.92 Å². The van der Waals surface area contributed by atoms with Crippen molar-refractivity contribution in [2.45, 2.75) is 26.4 Å². The Morgan fingerprint density at radius 1 is 1.00 bits per heavy atom. The summed E-state index contributed by atoms with van der Waals surface area (Å²) in [5.74, 6) is 1.69. The first-order valence-electron chi connectivity index (χ1n) is 7.41. The van der Waals surface area contributed by atoms with Crippen molar-refractivity contribution in [1.29, 1.82) is 0 Å². The molecule has 0 aromatic heterocycles. The summed E-state index contributed by atoms with van der Waals surface area (Å²) in [4.78, 5) is 0. The third-order valence-corrected chi connectivity index (χ3v) is 3.80. The van der Waals surface area contributed by atoms with Gasteiger partial charge in [-0.1, -0.05) is 35.9 Å². The van der Waals surface area contributed by atoms with E-state index in [-0.39, 0.29) is 0 Å². The zero-order chi connectivity index (χ0) is 14.7. The van der Waals surface area contributed by atoms with E-state index < -0.39 is 0 Å². The molecule has 0 spiro atoms. The number of hydrogen-bond donors (Lipinski definition) is 1. The predicted octanol–water partition coefficient (Wildman–Crippen LogP) is 3.62. The molecule has 0 bridgehead atoms. The lowest BCUT2D eigenvalue weighted by atomic mass is 10.1. The predicted molar refractivity (Wildman–Crippen MR) is 83.9 cm³/mol. The van der Waals surface area contributed by atoms with Crippen LogP contribution in [0.3, 0.4) is 0 Å². The van der Waals surface area contributed by atoms with Crippen molar-refractivity contribution in [3.8, 4) is 11.5 Å². The van der Waals surface area contributed by atoms with E-state index in [1.165, 1.54) is 16.7 Å². The van der Waals surface area contributed by atoms with Gasteiger partial charge in [0.05, 0.1) is 0 Å². The molecule has 1 aliphatic heterocycles. The molecule has 110 valence electrons. The lowest BCUT2D eigenvalue weighted by molar-refractivity contribution is 0.171. The third-order valence-electron chi connectivity index (χ3n) is 3.80. The highest BCUT2D eigenvalue weighted by Gasteiger charge is 2.12. The van der Waals surface area contributed by atoms with Crippen molar-refractivity contribution in [2.75, 3.05) is 13.2 Å². The summed E-state index contributed by atoms with van der Waals surface area (Å²) >= 11 is 0. The molecule has 1 heterocycles. The van der Waals surface area contributed by atoms with E-state index in [0.29, 0.717) is 19.3 Å². The molecule has 3 heteroatoms. The normalized spacial score (nSPS) is 14.8. The Hall–Kier alpha value is -2.00. The molecule has 1 aliphatic rings. The van der Waals surface area contributed by atoms with Crippen molar-refractivity contribution in [1.82, 2.24) is 5.32 Å². The van der Waals surface area contributed by atoms with Gasteiger partial charge in [-0.3, -0.25) is 0 Å². The SMILES string of the molecule is Cc1ccc([C@H](C)NCc2ccc3c(c2)OCCO3)cc1. The zero-order valence-electron chi connectivity index (χ0n) is 12.6. The fraction of sp³-hybridized carbons (Fsp3) is 0.333. The molecule has 0 saturated carbocycles. The number of nitrogens with one attached hydrogen (secondary N) is 1. The summed E-state index contributed by atoms with van der Waals surface area (Å²) in [5.41, 5.74) is 3.80. The van der Waals surface area contributed by atoms with Crippen molar-refractivity contribution >= 4 is 0 Å². The van der Waals surface area contributed by atoms with Gasteiger partial charge in [0.2, 0.25) is 0 Å². The van der Waals surface area contributed by atoms with Gasteiger partial charge in [-0.05, 0) is 37.1 Å². The molecule has 1 N–H and O–H groups in total. The van der Waals surface area contributed by atoms with Gasteiger partial charge < -0.3 is 14.8 Å². The average molecular weight is 283 g/mol. The van der Waals surface area contributed by atoms with Crippen molar-refractivity contribution in [3.05, 3.63) is 59.2 Å². The smallest absolute Gasteiger partial charge is 0.161 e. The molecule has 3 nitrogen and oxygen atoms in total. The number of aryl methyl sites for hydroxylation is 1. The van der Waals surface area contributed by atoms with E-state index in [1.54, 1.807) is 0 Å². The van der Waals surface area contributed by atoms with Crippen molar-refractivity contribution < 1.29 is 9.47 Å². The number of ether oxygens (including phenoxy) is 2. The summed E-state index contributed by atoms with van der Waals surface area (Å²) in [6.45, 7) is 6.37. The number of hydrogen-bond acceptors (Lipinski definition) is 3. The van der Waals surface area contributed by atoms with Crippen LogP contribution >= 0.6 is 0 Å². The molecule has 3 rings (SSSR count). The third kappa shape index (κ3) is 3.37. The van der Waals surface area contributed by atoms with Gasteiger partial charge in [-0.2, -0.15) is 0 Å². The molecular weight excluding hydrogens is 262 g/mol. The van der Waals surface area contributed by atoms with Crippen LogP contribution < -0.4 is 14.8 Å². The average Bonchev–Trinajstić information content (AvgIpc) is 2.53. The van der Waals surface area contributed by atoms with Crippen LogP contribution in [0.25, 0.3) is 0 Å². The van der Waals surface area contributed by atoms with Crippen LogP contribution in [0.5, 0.6) is 11.5 Å². The molecule has 0 saturated heterocycles. The van der Waals surface area contributed by atoms with E-state index in [0.717, 1.165) is 18.0 Å². The fourth-order valence-electron chi connectivity index (χ4n) is 2.44. The largest absolute Gasteiger partial charge is 0.486 e.